The number of hydrogen-bond donors (Lipinski definition) is 1. The summed E-state index contributed by atoms with van der Waals surface area (Å²) in [5.74, 6) is 5.04. The third kappa shape index (κ3) is 6.77. The molecule has 1 rings (SSSR count). The van der Waals surface area contributed by atoms with E-state index in [1.165, 1.54) is 12.1 Å². The van der Waals surface area contributed by atoms with Crippen molar-refractivity contribution in [2.24, 2.45) is 0 Å². The second-order valence-electron chi connectivity index (χ2n) is 3.59. The fourth-order valence-electron chi connectivity index (χ4n) is 1.32. The topological polar surface area (TPSA) is 47.9 Å². The number of hydrogen-bond acceptors (Lipinski definition) is 4. The molecule has 19 heavy (non-hydrogen) atoms. The monoisotopic (exact) mass is 268 g/mol. The number of methoxy groups -OCH3 is 1. The molecule has 0 heterocycles. The number of ether oxygens (including phenoxy) is 3. The van der Waals surface area contributed by atoms with Gasteiger partial charge in [0.2, 0.25) is 0 Å². The molecule has 0 aliphatic carbocycles. The maximum absolute atomic E-state index is 13.3. The molecule has 0 radical (unpaired) electrons. The van der Waals surface area contributed by atoms with Crippen LogP contribution in [0.15, 0.2) is 18.2 Å². The molecule has 4 nitrogen and oxygen atoms in total. The van der Waals surface area contributed by atoms with Crippen molar-refractivity contribution in [2.45, 2.75) is 0 Å². The molecule has 0 saturated heterocycles. The van der Waals surface area contributed by atoms with Gasteiger partial charge in [0, 0.05) is 18.7 Å². The molecule has 0 unspecified atom stereocenters. The Labute approximate surface area is 112 Å². The van der Waals surface area contributed by atoms with Gasteiger partial charge in [0.05, 0.1) is 19.8 Å². The van der Waals surface area contributed by atoms with Crippen LogP contribution >= 0.6 is 0 Å². The Hall–Kier alpha value is -1.61. The van der Waals surface area contributed by atoms with Gasteiger partial charge < -0.3 is 19.3 Å². The van der Waals surface area contributed by atoms with Crippen LogP contribution in [-0.4, -0.2) is 45.3 Å². The van der Waals surface area contributed by atoms with Crippen molar-refractivity contribution in [3.63, 3.8) is 0 Å². The number of rotatable bonds is 7. The summed E-state index contributed by atoms with van der Waals surface area (Å²) in [6.45, 7) is 1.48. The molecule has 0 spiro atoms. The van der Waals surface area contributed by atoms with E-state index in [2.05, 4.69) is 11.8 Å². The highest BCUT2D eigenvalue weighted by molar-refractivity contribution is 5.40. The first kappa shape index (κ1) is 15.4. The molecule has 0 saturated carbocycles. The van der Waals surface area contributed by atoms with E-state index >= 15 is 0 Å². The fraction of sp³-hybridized carbons (Fsp3) is 0.429. The van der Waals surface area contributed by atoms with Crippen LogP contribution in [0.2, 0.25) is 0 Å². The van der Waals surface area contributed by atoms with Crippen LogP contribution in [0.5, 0.6) is 5.75 Å². The van der Waals surface area contributed by atoms with Crippen molar-refractivity contribution in [1.29, 1.82) is 0 Å². The van der Waals surface area contributed by atoms with E-state index in [4.69, 9.17) is 19.3 Å². The van der Waals surface area contributed by atoms with Gasteiger partial charge in [0.1, 0.15) is 24.8 Å². The van der Waals surface area contributed by atoms with E-state index in [1.54, 1.807) is 13.2 Å². The van der Waals surface area contributed by atoms with Gasteiger partial charge in [-0.1, -0.05) is 11.8 Å². The van der Waals surface area contributed by atoms with Crippen LogP contribution in [-0.2, 0) is 9.47 Å². The van der Waals surface area contributed by atoms with Gasteiger partial charge >= 0.3 is 0 Å². The normalized spacial score (nSPS) is 9.84. The molecule has 0 amide bonds. The van der Waals surface area contributed by atoms with Crippen LogP contribution in [0.1, 0.15) is 5.56 Å². The Kier molecular flexibility index (Phi) is 7.59. The van der Waals surface area contributed by atoms with Crippen molar-refractivity contribution < 1.29 is 23.7 Å². The number of aliphatic hydroxyl groups is 1. The molecule has 5 heteroatoms. The average Bonchev–Trinajstić information content (AvgIpc) is 2.40. The summed E-state index contributed by atoms with van der Waals surface area (Å²) in [7, 11) is 1.60. The third-order valence-corrected chi connectivity index (χ3v) is 2.11. The predicted octanol–water partition coefficient (Wildman–Crippen LogP) is 1.21. The standard InChI is InChI=1S/C14H17FO4/c1-17-5-6-18-7-8-19-14-10-12(3-2-4-16)9-13(15)11-14/h9-11,16H,4-8H2,1H3. The zero-order chi connectivity index (χ0) is 13.9. The predicted molar refractivity (Wildman–Crippen MR) is 68.6 cm³/mol. The maximum atomic E-state index is 13.3. The van der Waals surface area contributed by atoms with Crippen molar-refractivity contribution in [3.8, 4) is 17.6 Å². The summed E-state index contributed by atoms with van der Waals surface area (Å²) in [6.07, 6.45) is 0. The number of halogens is 1. The Morgan fingerprint density at radius 1 is 1.16 bits per heavy atom. The largest absolute Gasteiger partial charge is 0.491 e. The summed E-state index contributed by atoms with van der Waals surface area (Å²) in [4.78, 5) is 0. The molecule has 0 aromatic heterocycles. The van der Waals surface area contributed by atoms with Crippen LogP contribution in [0.3, 0.4) is 0 Å². The first-order valence-electron chi connectivity index (χ1n) is 5.86. The highest BCUT2D eigenvalue weighted by atomic mass is 19.1. The molecule has 0 aliphatic heterocycles. The quantitative estimate of drug-likeness (QED) is 0.596. The van der Waals surface area contributed by atoms with E-state index < -0.39 is 5.82 Å². The lowest BCUT2D eigenvalue weighted by Gasteiger charge is -2.07. The Bertz CT molecular complexity index is 437. The van der Waals surface area contributed by atoms with Crippen LogP contribution in [0.4, 0.5) is 4.39 Å². The van der Waals surface area contributed by atoms with Gasteiger partial charge in [-0.15, -0.1) is 0 Å². The van der Waals surface area contributed by atoms with E-state index in [9.17, 15) is 4.39 Å². The molecular weight excluding hydrogens is 251 g/mol. The van der Waals surface area contributed by atoms with E-state index in [0.717, 1.165) is 0 Å². The fourth-order valence-corrected chi connectivity index (χ4v) is 1.32. The summed E-state index contributed by atoms with van der Waals surface area (Å²) < 4.78 is 28.7. The number of benzene rings is 1. The molecule has 0 atom stereocenters. The van der Waals surface area contributed by atoms with Crippen molar-refractivity contribution in [2.75, 3.05) is 40.1 Å². The zero-order valence-corrected chi connectivity index (χ0v) is 10.8. The second kappa shape index (κ2) is 9.34. The molecule has 104 valence electrons. The van der Waals surface area contributed by atoms with Crippen LogP contribution in [0.25, 0.3) is 0 Å². The Balaban J connectivity index is 2.42. The van der Waals surface area contributed by atoms with Gasteiger partial charge in [-0.2, -0.15) is 0 Å². The minimum Gasteiger partial charge on any atom is -0.491 e. The third-order valence-electron chi connectivity index (χ3n) is 2.11. The SMILES string of the molecule is COCCOCCOc1cc(F)cc(C#CCO)c1. The summed E-state index contributed by atoms with van der Waals surface area (Å²) in [6, 6.07) is 4.17. The molecule has 1 aromatic rings. The van der Waals surface area contributed by atoms with E-state index in [-0.39, 0.29) is 6.61 Å². The minimum absolute atomic E-state index is 0.264. The van der Waals surface area contributed by atoms with Gasteiger partial charge in [0.15, 0.2) is 0 Å². The summed E-state index contributed by atoms with van der Waals surface area (Å²) in [5, 5.41) is 8.59. The Morgan fingerprint density at radius 3 is 2.68 bits per heavy atom. The lowest BCUT2D eigenvalue weighted by Crippen LogP contribution is -2.10. The highest BCUT2D eigenvalue weighted by Gasteiger charge is 2.00. The average molecular weight is 268 g/mol. The molecule has 0 fully saturated rings. The van der Waals surface area contributed by atoms with Crippen molar-refractivity contribution >= 4 is 0 Å². The summed E-state index contributed by atoms with van der Waals surface area (Å²) in [5.41, 5.74) is 0.462. The van der Waals surface area contributed by atoms with Gasteiger partial charge in [0.25, 0.3) is 0 Å². The lowest BCUT2D eigenvalue weighted by atomic mass is 10.2. The highest BCUT2D eigenvalue weighted by Crippen LogP contribution is 2.15. The van der Waals surface area contributed by atoms with Crippen molar-refractivity contribution in [3.05, 3.63) is 29.6 Å². The van der Waals surface area contributed by atoms with Crippen LogP contribution in [0, 0.1) is 17.7 Å². The molecule has 1 N–H and O–H groups in total. The molecule has 1 aromatic carbocycles. The minimum atomic E-state index is -0.431. The van der Waals surface area contributed by atoms with Crippen molar-refractivity contribution in [1.82, 2.24) is 0 Å². The van der Waals surface area contributed by atoms with Crippen LogP contribution < -0.4 is 4.74 Å². The molecular formula is C14H17FO4. The first-order valence-corrected chi connectivity index (χ1v) is 5.86. The van der Waals surface area contributed by atoms with E-state index in [0.29, 0.717) is 37.7 Å². The van der Waals surface area contributed by atoms with Gasteiger partial charge in [-0.05, 0) is 12.1 Å². The van der Waals surface area contributed by atoms with E-state index in [1.807, 2.05) is 0 Å². The van der Waals surface area contributed by atoms with Gasteiger partial charge in [-0.25, -0.2) is 4.39 Å². The Morgan fingerprint density at radius 2 is 1.95 bits per heavy atom. The molecule has 0 aliphatic rings. The zero-order valence-electron chi connectivity index (χ0n) is 10.8. The molecule has 0 bridgehead atoms. The van der Waals surface area contributed by atoms with Gasteiger partial charge in [-0.3, -0.25) is 0 Å². The second-order valence-corrected chi connectivity index (χ2v) is 3.59. The maximum Gasteiger partial charge on any atom is 0.128 e. The smallest absolute Gasteiger partial charge is 0.128 e. The summed E-state index contributed by atoms with van der Waals surface area (Å²) >= 11 is 0. The first-order chi connectivity index (χ1) is 9.26. The number of aliphatic hydroxyl groups excluding tert-OH is 1. The lowest BCUT2D eigenvalue weighted by molar-refractivity contribution is 0.0544.